The van der Waals surface area contributed by atoms with Crippen molar-refractivity contribution in [2.75, 3.05) is 5.84 Å². The highest BCUT2D eigenvalue weighted by molar-refractivity contribution is 7.98. The molecule has 0 aliphatic rings. The molecule has 11 heteroatoms. The standard InChI is InChI=1S/C10H13F3N6OS/c1-5(2)3-7-15-6(18-20-7)4-21-9-17-16-8(19(9)14)10(11,12)13/h5H,3-4,14H2,1-2H3. The van der Waals surface area contributed by atoms with Crippen molar-refractivity contribution in [1.82, 2.24) is 25.0 Å². The lowest BCUT2D eigenvalue weighted by atomic mass is 10.1. The van der Waals surface area contributed by atoms with Crippen LogP contribution in [-0.4, -0.2) is 25.0 Å². The minimum Gasteiger partial charge on any atom is -0.339 e. The number of nitrogens with zero attached hydrogens (tertiary/aromatic N) is 5. The van der Waals surface area contributed by atoms with Gasteiger partial charge in [0.15, 0.2) is 5.82 Å². The summed E-state index contributed by atoms with van der Waals surface area (Å²) in [6, 6.07) is 0. The van der Waals surface area contributed by atoms with Gasteiger partial charge in [-0.1, -0.05) is 30.8 Å². The molecule has 0 fully saturated rings. The summed E-state index contributed by atoms with van der Waals surface area (Å²) in [5.74, 6) is 5.48. The van der Waals surface area contributed by atoms with Crippen molar-refractivity contribution >= 4 is 11.8 Å². The Hall–Kier alpha value is -1.78. The number of rotatable bonds is 5. The Bertz CT molecular complexity index is 608. The first kappa shape index (κ1) is 15.6. The third kappa shape index (κ3) is 3.86. The van der Waals surface area contributed by atoms with Crippen molar-refractivity contribution in [3.63, 3.8) is 0 Å². The Morgan fingerprint density at radius 3 is 2.62 bits per heavy atom. The van der Waals surface area contributed by atoms with Gasteiger partial charge in [-0.05, 0) is 5.92 Å². The first-order valence-corrected chi connectivity index (χ1v) is 6.98. The van der Waals surface area contributed by atoms with Gasteiger partial charge in [-0.15, -0.1) is 10.2 Å². The van der Waals surface area contributed by atoms with Crippen molar-refractivity contribution < 1.29 is 17.7 Å². The van der Waals surface area contributed by atoms with E-state index in [2.05, 4.69) is 20.3 Å². The summed E-state index contributed by atoms with van der Waals surface area (Å²) in [5, 5.41) is 10.1. The molecule has 2 heterocycles. The molecule has 2 aromatic heterocycles. The molecule has 0 atom stereocenters. The van der Waals surface area contributed by atoms with Gasteiger partial charge in [0.05, 0.1) is 5.75 Å². The first-order chi connectivity index (χ1) is 9.77. The maximum Gasteiger partial charge on any atom is 0.453 e. The van der Waals surface area contributed by atoms with Gasteiger partial charge in [-0.25, -0.2) is 4.68 Å². The summed E-state index contributed by atoms with van der Waals surface area (Å²) in [5.41, 5.74) is 0. The second-order valence-electron chi connectivity index (χ2n) is 4.66. The van der Waals surface area contributed by atoms with Gasteiger partial charge in [0.1, 0.15) is 0 Å². The predicted molar refractivity (Wildman–Crippen MR) is 67.6 cm³/mol. The third-order valence-corrected chi connectivity index (χ3v) is 3.28. The molecule has 0 aromatic carbocycles. The van der Waals surface area contributed by atoms with Crippen LogP contribution in [-0.2, 0) is 18.3 Å². The fourth-order valence-electron chi connectivity index (χ4n) is 1.48. The highest BCUT2D eigenvalue weighted by atomic mass is 32.2. The van der Waals surface area contributed by atoms with E-state index in [1.54, 1.807) is 0 Å². The molecule has 0 spiro atoms. The van der Waals surface area contributed by atoms with Crippen molar-refractivity contribution in [3.05, 3.63) is 17.5 Å². The number of halogens is 3. The number of alkyl halides is 3. The first-order valence-electron chi connectivity index (χ1n) is 5.99. The van der Waals surface area contributed by atoms with E-state index in [1.807, 2.05) is 13.8 Å². The van der Waals surface area contributed by atoms with Gasteiger partial charge in [0.2, 0.25) is 11.0 Å². The van der Waals surface area contributed by atoms with Crippen molar-refractivity contribution in [3.8, 4) is 0 Å². The molecule has 0 aliphatic carbocycles. The Kier molecular flexibility index (Phi) is 4.40. The molecule has 2 aromatic rings. The minimum absolute atomic E-state index is 0.0717. The van der Waals surface area contributed by atoms with Crippen LogP contribution in [0.4, 0.5) is 13.2 Å². The zero-order valence-electron chi connectivity index (χ0n) is 11.3. The predicted octanol–water partition coefficient (Wildman–Crippen LogP) is 1.88. The van der Waals surface area contributed by atoms with Gasteiger partial charge >= 0.3 is 6.18 Å². The van der Waals surface area contributed by atoms with Gasteiger partial charge in [0, 0.05) is 6.42 Å². The number of nitrogens with two attached hydrogens (primary N) is 1. The van der Waals surface area contributed by atoms with E-state index in [0.717, 1.165) is 11.8 Å². The molecule has 116 valence electrons. The van der Waals surface area contributed by atoms with E-state index >= 15 is 0 Å². The molecule has 0 aliphatic heterocycles. The van der Waals surface area contributed by atoms with Gasteiger partial charge in [-0.3, -0.25) is 0 Å². The lowest BCUT2D eigenvalue weighted by molar-refractivity contribution is -0.146. The molecular weight excluding hydrogens is 309 g/mol. The van der Waals surface area contributed by atoms with E-state index in [0.29, 0.717) is 28.7 Å². The second kappa shape index (κ2) is 5.92. The number of thioether (sulfide) groups is 1. The van der Waals surface area contributed by atoms with Crippen LogP contribution in [0.3, 0.4) is 0 Å². The normalized spacial score (nSPS) is 12.3. The van der Waals surface area contributed by atoms with Crippen LogP contribution in [0, 0.1) is 5.92 Å². The summed E-state index contributed by atoms with van der Waals surface area (Å²) >= 11 is 0.949. The van der Waals surface area contributed by atoms with Crippen molar-refractivity contribution in [2.45, 2.75) is 37.4 Å². The smallest absolute Gasteiger partial charge is 0.339 e. The number of hydrogen-bond acceptors (Lipinski definition) is 7. The molecule has 0 amide bonds. The summed E-state index contributed by atoms with van der Waals surface area (Å²) in [4.78, 5) is 4.13. The summed E-state index contributed by atoms with van der Waals surface area (Å²) in [6.07, 6.45) is -4.00. The molecule has 0 bridgehead atoms. The monoisotopic (exact) mass is 322 g/mol. The molecule has 7 nitrogen and oxygen atoms in total. The maximum atomic E-state index is 12.5. The molecule has 0 radical (unpaired) electrons. The molecular formula is C10H13F3N6OS. The molecule has 0 unspecified atom stereocenters. The third-order valence-electron chi connectivity index (χ3n) is 2.34. The fraction of sp³-hybridized carbons (Fsp3) is 0.600. The fourth-order valence-corrected chi connectivity index (χ4v) is 2.18. The highest BCUT2D eigenvalue weighted by Crippen LogP contribution is 2.29. The summed E-state index contributed by atoms with van der Waals surface area (Å²) < 4.78 is 42.9. The van der Waals surface area contributed by atoms with Crippen LogP contribution in [0.1, 0.15) is 31.4 Å². The Morgan fingerprint density at radius 1 is 1.33 bits per heavy atom. The van der Waals surface area contributed by atoms with Crippen LogP contribution in [0.2, 0.25) is 0 Å². The van der Waals surface area contributed by atoms with Crippen LogP contribution in [0.5, 0.6) is 0 Å². The molecule has 21 heavy (non-hydrogen) atoms. The molecule has 0 saturated carbocycles. The van der Waals surface area contributed by atoms with Crippen molar-refractivity contribution in [1.29, 1.82) is 0 Å². The van der Waals surface area contributed by atoms with Gasteiger partial charge < -0.3 is 10.4 Å². The van der Waals surface area contributed by atoms with Gasteiger partial charge in [-0.2, -0.15) is 18.2 Å². The van der Waals surface area contributed by atoms with E-state index < -0.39 is 12.0 Å². The van der Waals surface area contributed by atoms with E-state index in [1.165, 1.54) is 0 Å². The maximum absolute atomic E-state index is 12.5. The Morgan fingerprint density at radius 2 is 2.05 bits per heavy atom. The average molecular weight is 322 g/mol. The zero-order chi connectivity index (χ0) is 15.6. The zero-order valence-corrected chi connectivity index (χ0v) is 12.1. The number of aromatic nitrogens is 5. The molecule has 0 saturated heterocycles. The van der Waals surface area contributed by atoms with Crippen LogP contribution in [0.25, 0.3) is 0 Å². The highest BCUT2D eigenvalue weighted by Gasteiger charge is 2.38. The second-order valence-corrected chi connectivity index (χ2v) is 5.61. The van der Waals surface area contributed by atoms with E-state index in [9.17, 15) is 13.2 Å². The van der Waals surface area contributed by atoms with Crippen LogP contribution >= 0.6 is 11.8 Å². The van der Waals surface area contributed by atoms with E-state index in [4.69, 9.17) is 10.4 Å². The van der Waals surface area contributed by atoms with Crippen LogP contribution in [0.15, 0.2) is 9.68 Å². The average Bonchev–Trinajstić information content (AvgIpc) is 2.92. The lowest BCUT2D eigenvalue weighted by Crippen LogP contribution is -2.21. The summed E-state index contributed by atoms with van der Waals surface area (Å²) in [7, 11) is 0. The SMILES string of the molecule is CC(C)Cc1nc(CSc2nnc(C(F)(F)F)n2N)no1. The van der Waals surface area contributed by atoms with Crippen molar-refractivity contribution in [2.24, 2.45) is 5.92 Å². The largest absolute Gasteiger partial charge is 0.453 e. The van der Waals surface area contributed by atoms with Gasteiger partial charge in [0.25, 0.3) is 5.82 Å². The van der Waals surface area contributed by atoms with E-state index in [-0.39, 0.29) is 10.9 Å². The topological polar surface area (TPSA) is 95.7 Å². The number of nitrogen functional groups attached to an aromatic ring is 1. The minimum atomic E-state index is -4.64. The molecule has 2 rings (SSSR count). The Labute approximate surface area is 122 Å². The lowest BCUT2D eigenvalue weighted by Gasteiger charge is -2.05. The Balaban J connectivity index is 2.00. The quantitative estimate of drug-likeness (QED) is 0.663. The number of hydrogen-bond donors (Lipinski definition) is 1. The van der Waals surface area contributed by atoms with Crippen LogP contribution < -0.4 is 5.84 Å². The summed E-state index contributed by atoms with van der Waals surface area (Å²) in [6.45, 7) is 4.02. The molecule has 2 N–H and O–H groups in total.